The van der Waals surface area contributed by atoms with Gasteiger partial charge in [-0.1, -0.05) is 47.0 Å². The van der Waals surface area contributed by atoms with Crippen LogP contribution in [-0.2, 0) is 20.0 Å². The topological polar surface area (TPSA) is 111 Å². The summed E-state index contributed by atoms with van der Waals surface area (Å²) in [7, 11) is 1.92. The van der Waals surface area contributed by atoms with Gasteiger partial charge in [0.05, 0.1) is 46.3 Å². The minimum Gasteiger partial charge on any atom is -0.494 e. The van der Waals surface area contributed by atoms with Crippen LogP contribution in [0.4, 0.5) is 11.5 Å². The average Bonchev–Trinajstić information content (AvgIpc) is 3.85. The molecular weight excluding hydrogens is 834 g/mol. The van der Waals surface area contributed by atoms with Crippen LogP contribution >= 0.6 is 23.2 Å². The summed E-state index contributed by atoms with van der Waals surface area (Å²) in [5, 5.41) is 18.9. The van der Waals surface area contributed by atoms with Crippen molar-refractivity contribution in [2.45, 2.75) is 86.2 Å². The number of nitrogens with zero attached hydrogens (tertiary/aromatic N) is 7. The fourth-order valence-corrected chi connectivity index (χ4v) is 10.4. The summed E-state index contributed by atoms with van der Waals surface area (Å²) in [5.41, 5.74) is 10.6. The molecule has 13 heteroatoms. The molecule has 0 radical (unpaired) electrons. The number of benzene rings is 3. The zero-order valence-electron chi connectivity index (χ0n) is 37.0. The number of piperidine rings is 1. The van der Waals surface area contributed by atoms with Gasteiger partial charge < -0.3 is 28.8 Å². The number of anilines is 2. The van der Waals surface area contributed by atoms with Gasteiger partial charge in [0.2, 0.25) is 0 Å². The first-order chi connectivity index (χ1) is 30.2. The molecule has 0 aliphatic carbocycles. The lowest BCUT2D eigenvalue weighted by molar-refractivity contribution is 0.0687. The highest BCUT2D eigenvalue weighted by Crippen LogP contribution is 2.46. The molecule has 9 rings (SSSR count). The van der Waals surface area contributed by atoms with Gasteiger partial charge >= 0.3 is 5.97 Å². The first-order valence-electron chi connectivity index (χ1n) is 21.9. The molecule has 1 saturated heterocycles. The van der Waals surface area contributed by atoms with Crippen LogP contribution in [-0.4, -0.2) is 67.1 Å². The second kappa shape index (κ2) is 16.7. The maximum absolute atomic E-state index is 15.7. The molecule has 1 atom stereocenters. The number of fused-ring (bicyclic) bond motifs is 4. The molecule has 1 N–H and O–H groups in total. The smallest absolute Gasteiger partial charge is 0.354 e. The summed E-state index contributed by atoms with van der Waals surface area (Å²) < 4.78 is 12.1. The van der Waals surface area contributed by atoms with Crippen LogP contribution in [0.5, 0.6) is 5.75 Å². The summed E-state index contributed by atoms with van der Waals surface area (Å²) in [6, 6.07) is 19.5. The molecule has 1 amide bonds. The third-order valence-electron chi connectivity index (χ3n) is 13.0. The van der Waals surface area contributed by atoms with E-state index in [2.05, 4.69) is 16.4 Å². The Labute approximate surface area is 377 Å². The fourth-order valence-electron chi connectivity index (χ4n) is 10.0. The summed E-state index contributed by atoms with van der Waals surface area (Å²) in [4.78, 5) is 38.4. The van der Waals surface area contributed by atoms with Crippen molar-refractivity contribution < 1.29 is 19.4 Å². The Bertz CT molecular complexity index is 2950. The molecule has 326 valence electrons. The van der Waals surface area contributed by atoms with Crippen molar-refractivity contribution in [1.29, 1.82) is 0 Å². The van der Waals surface area contributed by atoms with E-state index in [4.69, 9.17) is 38.0 Å². The highest BCUT2D eigenvalue weighted by atomic mass is 35.5. The third-order valence-corrected chi connectivity index (χ3v) is 13.9. The molecule has 0 spiro atoms. The van der Waals surface area contributed by atoms with Crippen LogP contribution in [0.3, 0.4) is 0 Å². The quantitative estimate of drug-likeness (QED) is 0.129. The lowest BCUT2D eigenvalue weighted by atomic mass is 9.98. The number of aromatic nitrogens is 5. The molecule has 0 saturated carbocycles. The van der Waals surface area contributed by atoms with Crippen molar-refractivity contribution in [2.75, 3.05) is 36.0 Å². The first-order valence-corrected chi connectivity index (χ1v) is 22.6. The highest BCUT2D eigenvalue weighted by Gasteiger charge is 2.40. The van der Waals surface area contributed by atoms with Gasteiger partial charge in [-0.15, -0.1) is 0 Å². The van der Waals surface area contributed by atoms with Crippen molar-refractivity contribution in [3.8, 4) is 16.9 Å². The predicted molar refractivity (Wildman–Crippen MR) is 253 cm³/mol. The summed E-state index contributed by atoms with van der Waals surface area (Å²) in [5.74, 6) is 0.266. The van der Waals surface area contributed by atoms with Crippen molar-refractivity contribution in [3.63, 3.8) is 0 Å². The van der Waals surface area contributed by atoms with Crippen LogP contribution < -0.4 is 14.5 Å². The second-order valence-corrected chi connectivity index (χ2v) is 18.2. The zero-order chi connectivity index (χ0) is 44.4. The van der Waals surface area contributed by atoms with Crippen molar-refractivity contribution >= 4 is 68.4 Å². The van der Waals surface area contributed by atoms with Gasteiger partial charge in [-0.05, 0) is 133 Å². The van der Waals surface area contributed by atoms with Crippen molar-refractivity contribution in [2.24, 2.45) is 7.05 Å². The second-order valence-electron chi connectivity index (χ2n) is 17.4. The number of halogens is 2. The fraction of sp³-hybridized carbons (Fsp3) is 0.360. The van der Waals surface area contributed by atoms with E-state index in [0.29, 0.717) is 41.2 Å². The number of pyridine rings is 1. The van der Waals surface area contributed by atoms with Gasteiger partial charge in [-0.2, -0.15) is 5.10 Å². The van der Waals surface area contributed by atoms with Crippen LogP contribution in [0, 0.1) is 34.6 Å². The number of aromatic carboxylic acids is 1. The van der Waals surface area contributed by atoms with E-state index in [-0.39, 0.29) is 30.7 Å². The van der Waals surface area contributed by atoms with Gasteiger partial charge in [0.25, 0.3) is 5.91 Å². The van der Waals surface area contributed by atoms with E-state index in [0.717, 1.165) is 109 Å². The van der Waals surface area contributed by atoms with Gasteiger partial charge in [-0.25, -0.2) is 9.78 Å². The van der Waals surface area contributed by atoms with E-state index in [1.54, 1.807) is 4.90 Å². The van der Waals surface area contributed by atoms with Gasteiger partial charge in [-0.3, -0.25) is 9.48 Å². The Morgan fingerprint density at radius 1 is 0.921 bits per heavy atom. The van der Waals surface area contributed by atoms with Gasteiger partial charge in [0.15, 0.2) is 5.69 Å². The van der Waals surface area contributed by atoms with E-state index < -0.39 is 5.97 Å². The highest BCUT2D eigenvalue weighted by molar-refractivity contribution is 6.35. The molecule has 0 bridgehead atoms. The lowest BCUT2D eigenvalue weighted by Crippen LogP contribution is -2.43. The van der Waals surface area contributed by atoms with E-state index in [9.17, 15) is 9.90 Å². The summed E-state index contributed by atoms with van der Waals surface area (Å²) in [6.07, 6.45) is 4.59. The van der Waals surface area contributed by atoms with Crippen molar-refractivity contribution in [3.05, 3.63) is 121 Å². The monoisotopic (exact) mass is 885 g/mol. The number of aryl methyl sites for hydroxylation is 6. The SMILES string of the molecule is Cc1ccc2c(c1)c(N1C[C@@H](C)n3c(c(CCCOc4cc(C)c(Cl)c(C)c4)c4ccc(Cl)c(-c5c(C)nn(C)c5C)c43)C1=O)c(C(=O)O)n2Cc1cccc(N2CCCCC2)n1. The largest absolute Gasteiger partial charge is 0.494 e. The number of carbonyl (C=O) groups is 2. The minimum atomic E-state index is -1.11. The van der Waals surface area contributed by atoms with Crippen LogP contribution in [0.2, 0.25) is 10.0 Å². The molecule has 7 aromatic rings. The summed E-state index contributed by atoms with van der Waals surface area (Å²) in [6.45, 7) is 14.8. The number of amides is 1. The van der Waals surface area contributed by atoms with Crippen LogP contribution in [0.25, 0.3) is 32.9 Å². The standard InChI is InChI=1S/C50H53Cl2N7O4/c1-28-16-19-40-38(23-28)46(48(50(61)62)57(40)27-34-13-11-15-41(53-34)56-20-9-8-10-21-56)58-26-31(4)59-45-37(17-18-39(51)43(45)42-32(5)54-55(7)33(42)6)36(47(59)49(58)60)14-12-22-63-35-24-29(2)44(52)30(3)25-35/h11,13,15-19,23-25,31H,8-10,12,14,20-22,26-27H2,1-7H3,(H,61,62)/t31-/m1/s1. The Hall–Kier alpha value is -5.78. The minimum absolute atomic E-state index is 0.0553. The molecule has 2 aliphatic heterocycles. The maximum Gasteiger partial charge on any atom is 0.354 e. The Morgan fingerprint density at radius 2 is 1.67 bits per heavy atom. The number of ether oxygens (including phenoxy) is 1. The number of carboxylic acid groups (broad SMARTS) is 1. The maximum atomic E-state index is 15.7. The van der Waals surface area contributed by atoms with E-state index in [1.165, 1.54) is 6.42 Å². The molecule has 1 fully saturated rings. The normalized spacial score (nSPS) is 15.5. The number of rotatable bonds is 11. The van der Waals surface area contributed by atoms with Crippen molar-refractivity contribution in [1.82, 2.24) is 23.9 Å². The van der Waals surface area contributed by atoms with Crippen LogP contribution in [0.15, 0.2) is 60.7 Å². The number of hydrogen-bond donors (Lipinski definition) is 1. The van der Waals surface area contributed by atoms with E-state index >= 15 is 4.79 Å². The Kier molecular flexibility index (Phi) is 11.3. The molecular formula is C50H53Cl2N7O4. The van der Waals surface area contributed by atoms with Crippen LogP contribution in [0.1, 0.15) is 99.0 Å². The molecule has 11 nitrogen and oxygen atoms in total. The molecule has 4 aromatic heterocycles. The zero-order valence-corrected chi connectivity index (χ0v) is 38.5. The number of carbonyl (C=O) groups excluding carboxylic acids is 1. The Balaban J connectivity index is 1.19. The first kappa shape index (κ1) is 42.5. The lowest BCUT2D eigenvalue weighted by Gasteiger charge is -2.34. The van der Waals surface area contributed by atoms with Gasteiger partial charge in [0, 0.05) is 65.3 Å². The summed E-state index contributed by atoms with van der Waals surface area (Å²) >= 11 is 13.7. The molecule has 3 aromatic carbocycles. The number of hydrogen-bond acceptors (Lipinski definition) is 6. The Morgan fingerprint density at radius 3 is 2.37 bits per heavy atom. The van der Waals surface area contributed by atoms with E-state index in [1.807, 2.05) is 112 Å². The molecule has 6 heterocycles. The molecule has 63 heavy (non-hydrogen) atoms. The molecule has 2 aliphatic rings. The predicted octanol–water partition coefficient (Wildman–Crippen LogP) is 11.2. The van der Waals surface area contributed by atoms with Gasteiger partial charge in [0.1, 0.15) is 17.3 Å². The molecule has 0 unspecified atom stereocenters. The average molecular weight is 887 g/mol. The number of carboxylic acids is 1. The third kappa shape index (κ3) is 7.42.